The first kappa shape index (κ1) is 15.1. The maximum atomic E-state index is 11.7. The van der Waals surface area contributed by atoms with E-state index in [1.54, 1.807) is 13.8 Å². The van der Waals surface area contributed by atoms with E-state index in [1.807, 2.05) is 0 Å². The molecule has 5 nitrogen and oxygen atoms in total. The lowest BCUT2D eigenvalue weighted by Crippen LogP contribution is -2.14. The summed E-state index contributed by atoms with van der Waals surface area (Å²) >= 11 is 0.853. The Morgan fingerprint density at radius 3 is 2.33 bits per heavy atom. The molecule has 1 heterocycles. The fraction of sp³-hybridized carbons (Fsp3) is 0.400. The van der Waals surface area contributed by atoms with Gasteiger partial charge >= 0.3 is 5.97 Å². The Morgan fingerprint density at radius 2 is 1.94 bits per heavy atom. The SMILES string of the molecule is CC(=O)c1scc(C(=O)OC(C)C)c1S(=O)(=O)Cl. The van der Waals surface area contributed by atoms with Gasteiger partial charge in [0.25, 0.3) is 9.05 Å². The summed E-state index contributed by atoms with van der Waals surface area (Å²) in [5.74, 6) is -1.28. The van der Waals surface area contributed by atoms with Crippen molar-refractivity contribution in [3.8, 4) is 0 Å². The minimum atomic E-state index is -4.19. The van der Waals surface area contributed by atoms with Gasteiger partial charge in [0, 0.05) is 16.1 Å². The van der Waals surface area contributed by atoms with Crippen LogP contribution in [-0.4, -0.2) is 26.3 Å². The van der Waals surface area contributed by atoms with Crippen LogP contribution in [0.5, 0.6) is 0 Å². The predicted molar refractivity (Wildman–Crippen MR) is 67.9 cm³/mol. The van der Waals surface area contributed by atoms with Crippen LogP contribution in [-0.2, 0) is 13.8 Å². The van der Waals surface area contributed by atoms with Crippen molar-refractivity contribution in [1.82, 2.24) is 0 Å². The third-order valence-corrected chi connectivity index (χ3v) is 4.46. The number of ketones is 1. The van der Waals surface area contributed by atoms with E-state index in [2.05, 4.69) is 0 Å². The van der Waals surface area contributed by atoms with Crippen LogP contribution in [0.25, 0.3) is 0 Å². The van der Waals surface area contributed by atoms with Gasteiger partial charge in [-0.25, -0.2) is 13.2 Å². The van der Waals surface area contributed by atoms with Crippen molar-refractivity contribution >= 4 is 42.8 Å². The number of hydrogen-bond donors (Lipinski definition) is 0. The highest BCUT2D eigenvalue weighted by molar-refractivity contribution is 8.14. The zero-order valence-corrected chi connectivity index (χ0v) is 12.3. The summed E-state index contributed by atoms with van der Waals surface area (Å²) in [5.41, 5.74) is -0.200. The average molecular weight is 311 g/mol. The fourth-order valence-corrected chi connectivity index (χ4v) is 4.02. The molecule has 100 valence electrons. The topological polar surface area (TPSA) is 77.5 Å². The lowest BCUT2D eigenvalue weighted by molar-refractivity contribution is 0.0374. The highest BCUT2D eigenvalue weighted by Crippen LogP contribution is 2.31. The highest BCUT2D eigenvalue weighted by Gasteiger charge is 2.29. The van der Waals surface area contributed by atoms with E-state index in [0.717, 1.165) is 11.3 Å². The van der Waals surface area contributed by atoms with Gasteiger partial charge in [0.05, 0.1) is 16.5 Å². The Hall–Kier alpha value is -0.920. The molecule has 0 radical (unpaired) electrons. The molecule has 0 atom stereocenters. The minimum Gasteiger partial charge on any atom is -0.459 e. The number of rotatable bonds is 4. The van der Waals surface area contributed by atoms with Crippen molar-refractivity contribution in [2.24, 2.45) is 0 Å². The molecular weight excluding hydrogens is 300 g/mol. The van der Waals surface area contributed by atoms with Crippen molar-refractivity contribution in [3.63, 3.8) is 0 Å². The van der Waals surface area contributed by atoms with Gasteiger partial charge in [-0.1, -0.05) is 0 Å². The third-order valence-electron chi connectivity index (χ3n) is 1.87. The number of thiophene rings is 1. The zero-order valence-electron chi connectivity index (χ0n) is 9.89. The van der Waals surface area contributed by atoms with Gasteiger partial charge in [-0.2, -0.15) is 0 Å². The van der Waals surface area contributed by atoms with Crippen LogP contribution in [0, 0.1) is 0 Å². The fourth-order valence-electron chi connectivity index (χ4n) is 1.25. The Bertz CT molecular complexity index is 585. The summed E-state index contributed by atoms with van der Waals surface area (Å²) in [6.45, 7) is 4.46. The third kappa shape index (κ3) is 3.30. The monoisotopic (exact) mass is 310 g/mol. The highest BCUT2D eigenvalue weighted by atomic mass is 35.7. The number of Topliss-reactive ketones (excluding diaryl/α,β-unsaturated/α-hetero) is 1. The second-order valence-corrected chi connectivity index (χ2v) is 7.14. The van der Waals surface area contributed by atoms with E-state index in [9.17, 15) is 18.0 Å². The van der Waals surface area contributed by atoms with Gasteiger partial charge < -0.3 is 4.74 Å². The molecule has 0 saturated carbocycles. The number of esters is 1. The maximum absolute atomic E-state index is 11.7. The van der Waals surface area contributed by atoms with Crippen LogP contribution in [0.4, 0.5) is 0 Å². The van der Waals surface area contributed by atoms with E-state index in [0.29, 0.717) is 0 Å². The molecule has 8 heteroatoms. The molecule has 1 aromatic rings. The summed E-state index contributed by atoms with van der Waals surface area (Å²) < 4.78 is 27.8. The number of carbonyl (C=O) groups is 2. The molecule has 0 bridgehead atoms. The van der Waals surface area contributed by atoms with Crippen LogP contribution >= 0.6 is 22.0 Å². The van der Waals surface area contributed by atoms with E-state index >= 15 is 0 Å². The molecule has 1 rings (SSSR count). The van der Waals surface area contributed by atoms with Gasteiger partial charge in [0.1, 0.15) is 4.90 Å². The smallest absolute Gasteiger partial charge is 0.340 e. The largest absolute Gasteiger partial charge is 0.459 e. The molecular formula is C10H11ClO5S2. The van der Waals surface area contributed by atoms with Gasteiger partial charge in [-0.15, -0.1) is 11.3 Å². The zero-order chi connectivity index (χ0) is 14.1. The summed E-state index contributed by atoms with van der Waals surface area (Å²) in [5, 5.41) is 1.26. The minimum absolute atomic E-state index is 0.0688. The van der Waals surface area contributed by atoms with Crippen molar-refractivity contribution in [2.45, 2.75) is 31.8 Å². The maximum Gasteiger partial charge on any atom is 0.340 e. The molecule has 1 aromatic heterocycles. The van der Waals surface area contributed by atoms with Crippen LogP contribution in [0.2, 0.25) is 0 Å². The predicted octanol–water partition coefficient (Wildman–Crippen LogP) is 2.44. The molecule has 0 aliphatic heterocycles. The van der Waals surface area contributed by atoms with Crippen LogP contribution < -0.4 is 0 Å². The second kappa shape index (κ2) is 5.38. The molecule has 0 N–H and O–H groups in total. The first-order chi connectivity index (χ1) is 8.14. The van der Waals surface area contributed by atoms with E-state index in [1.165, 1.54) is 12.3 Å². The first-order valence-electron chi connectivity index (χ1n) is 4.92. The summed E-state index contributed by atoms with van der Waals surface area (Å²) in [7, 11) is 1.07. The molecule has 0 spiro atoms. The van der Waals surface area contributed by atoms with Crippen LogP contribution in [0.3, 0.4) is 0 Å². The molecule has 0 aromatic carbocycles. The lowest BCUT2D eigenvalue weighted by atomic mass is 10.2. The van der Waals surface area contributed by atoms with E-state index in [-0.39, 0.29) is 10.4 Å². The molecule has 0 amide bonds. The van der Waals surface area contributed by atoms with Gasteiger partial charge in [-0.3, -0.25) is 4.79 Å². The Labute approximate surface area is 113 Å². The lowest BCUT2D eigenvalue weighted by Gasteiger charge is -2.07. The second-order valence-electron chi connectivity index (χ2n) is 3.76. The average Bonchev–Trinajstić information content (AvgIpc) is 2.59. The van der Waals surface area contributed by atoms with Crippen LogP contribution in [0.15, 0.2) is 10.3 Å². The Kier molecular flexibility index (Phi) is 4.52. The standard InChI is InChI=1S/C10H11ClO5S2/c1-5(2)16-10(13)7-4-17-8(6(3)12)9(7)18(11,14)15/h4-5H,1-3H3. The van der Waals surface area contributed by atoms with Gasteiger partial charge in [0.15, 0.2) is 5.78 Å². The molecule has 18 heavy (non-hydrogen) atoms. The normalized spacial score (nSPS) is 11.6. The molecule has 0 unspecified atom stereocenters. The summed E-state index contributed by atoms with van der Waals surface area (Å²) in [6, 6.07) is 0. The number of carbonyl (C=O) groups excluding carboxylic acids is 2. The van der Waals surface area contributed by atoms with Gasteiger partial charge in [-0.05, 0) is 20.8 Å². The summed E-state index contributed by atoms with van der Waals surface area (Å²) in [4.78, 5) is 22.5. The summed E-state index contributed by atoms with van der Waals surface area (Å²) in [6.07, 6.45) is -0.399. The number of hydrogen-bond acceptors (Lipinski definition) is 6. The van der Waals surface area contributed by atoms with Gasteiger partial charge in [0.2, 0.25) is 0 Å². The number of ether oxygens (including phenoxy) is 1. The van der Waals surface area contributed by atoms with E-state index in [4.69, 9.17) is 15.4 Å². The molecule has 0 fully saturated rings. The molecule has 0 aliphatic rings. The Balaban J connectivity index is 3.39. The quantitative estimate of drug-likeness (QED) is 0.485. The van der Waals surface area contributed by atoms with Crippen molar-refractivity contribution in [2.75, 3.05) is 0 Å². The van der Waals surface area contributed by atoms with Crippen LogP contribution in [0.1, 0.15) is 40.8 Å². The van der Waals surface area contributed by atoms with E-state index < -0.39 is 31.8 Å². The van der Waals surface area contributed by atoms with Crippen molar-refractivity contribution < 1.29 is 22.7 Å². The Morgan fingerprint density at radius 1 is 1.39 bits per heavy atom. The molecule has 0 saturated heterocycles. The first-order valence-corrected chi connectivity index (χ1v) is 8.11. The van der Waals surface area contributed by atoms with Crippen molar-refractivity contribution in [3.05, 3.63) is 15.8 Å². The van der Waals surface area contributed by atoms with Crippen molar-refractivity contribution in [1.29, 1.82) is 0 Å². The molecule has 0 aliphatic carbocycles. The number of halogens is 1.